The molecule has 0 spiro atoms. The van der Waals surface area contributed by atoms with Gasteiger partial charge in [0.15, 0.2) is 0 Å². The van der Waals surface area contributed by atoms with E-state index in [1.54, 1.807) is 41.3 Å². The van der Waals surface area contributed by atoms with Gasteiger partial charge in [-0.15, -0.1) is 0 Å². The molecular weight excluding hydrogens is 532 g/mol. The van der Waals surface area contributed by atoms with Gasteiger partial charge in [0.1, 0.15) is 16.8 Å². The van der Waals surface area contributed by atoms with E-state index in [0.29, 0.717) is 49.5 Å². The fraction of sp³-hybridized carbons (Fsp3) is 0.438. The minimum Gasteiger partial charge on any atom is -0.461 e. The summed E-state index contributed by atoms with van der Waals surface area (Å²) in [6.07, 6.45) is 1.85. The zero-order valence-corrected chi connectivity index (χ0v) is 25.8. The van der Waals surface area contributed by atoms with Crippen molar-refractivity contribution in [3.05, 3.63) is 75.2 Å². The standard InChI is InChI=1S/C32H40N6O4/c1-9-38-26-12-10-11-23(27(26)34(7)30(40)32(5,6)31(38)41)18-36(19-24-15-21(3)33-35(24)8)13-14-37-17-20(2)28-25(29(37)39)16-22(4)42-28/h10-12,15-17H,9,13-14,18-19H2,1-8H3. The molecule has 0 bridgehead atoms. The van der Waals surface area contributed by atoms with Crippen molar-refractivity contribution in [1.82, 2.24) is 19.2 Å². The van der Waals surface area contributed by atoms with Crippen LogP contribution in [0.25, 0.3) is 11.0 Å². The minimum absolute atomic E-state index is 0.0815. The van der Waals surface area contributed by atoms with Crippen molar-refractivity contribution in [3.63, 3.8) is 0 Å². The van der Waals surface area contributed by atoms with Crippen molar-refractivity contribution in [2.45, 2.75) is 61.2 Å². The first-order chi connectivity index (χ1) is 19.8. The predicted octanol–water partition coefficient (Wildman–Crippen LogP) is 4.31. The molecule has 5 rings (SSSR count). The number of amides is 2. The zero-order valence-electron chi connectivity index (χ0n) is 25.8. The van der Waals surface area contributed by atoms with Gasteiger partial charge >= 0.3 is 0 Å². The molecule has 0 fully saturated rings. The smallest absolute Gasteiger partial charge is 0.261 e. The van der Waals surface area contributed by atoms with Crippen molar-refractivity contribution in [2.24, 2.45) is 12.5 Å². The van der Waals surface area contributed by atoms with E-state index in [4.69, 9.17) is 4.42 Å². The molecule has 2 amide bonds. The highest BCUT2D eigenvalue weighted by Gasteiger charge is 2.45. The maximum absolute atomic E-state index is 13.6. The molecule has 3 aromatic heterocycles. The summed E-state index contributed by atoms with van der Waals surface area (Å²) in [5, 5.41) is 5.11. The lowest BCUT2D eigenvalue weighted by Gasteiger charge is -2.28. The molecule has 1 aliphatic heterocycles. The third kappa shape index (κ3) is 5.04. The van der Waals surface area contributed by atoms with Gasteiger partial charge in [-0.25, -0.2) is 0 Å². The Morgan fingerprint density at radius 2 is 1.74 bits per heavy atom. The fourth-order valence-corrected chi connectivity index (χ4v) is 6.07. The van der Waals surface area contributed by atoms with Gasteiger partial charge < -0.3 is 18.8 Å². The molecule has 0 aliphatic carbocycles. The normalized spacial score (nSPS) is 15.2. The predicted molar refractivity (Wildman–Crippen MR) is 164 cm³/mol. The number of hydrogen-bond acceptors (Lipinski definition) is 6. The first-order valence-electron chi connectivity index (χ1n) is 14.4. The number of aromatic nitrogens is 3. The summed E-state index contributed by atoms with van der Waals surface area (Å²) in [5.74, 6) is 0.263. The second-order valence-electron chi connectivity index (χ2n) is 11.8. The molecule has 0 unspecified atom stereocenters. The van der Waals surface area contributed by atoms with Crippen LogP contribution < -0.4 is 15.4 Å². The number of para-hydroxylation sites is 1. The number of aryl methyl sites for hydroxylation is 4. The third-order valence-electron chi connectivity index (χ3n) is 8.25. The van der Waals surface area contributed by atoms with E-state index in [2.05, 4.69) is 16.1 Å². The highest BCUT2D eigenvalue weighted by Crippen LogP contribution is 2.40. The first-order valence-corrected chi connectivity index (χ1v) is 14.4. The Morgan fingerprint density at radius 1 is 1.00 bits per heavy atom. The van der Waals surface area contributed by atoms with Crippen LogP contribution in [0.15, 0.2) is 45.7 Å². The second-order valence-corrected chi connectivity index (χ2v) is 11.8. The zero-order chi connectivity index (χ0) is 30.5. The van der Waals surface area contributed by atoms with Gasteiger partial charge in [-0.1, -0.05) is 12.1 Å². The molecule has 1 aromatic carbocycles. The number of carbonyl (C=O) groups excluding carboxylic acids is 2. The van der Waals surface area contributed by atoms with Crippen LogP contribution in [0, 0.1) is 26.2 Å². The van der Waals surface area contributed by atoms with Gasteiger partial charge in [-0.2, -0.15) is 5.10 Å². The fourth-order valence-electron chi connectivity index (χ4n) is 6.07. The van der Waals surface area contributed by atoms with Crippen LogP contribution in [0.4, 0.5) is 11.4 Å². The molecule has 10 heteroatoms. The van der Waals surface area contributed by atoms with Crippen LogP contribution in [0.2, 0.25) is 0 Å². The topological polar surface area (TPSA) is 96.8 Å². The summed E-state index contributed by atoms with van der Waals surface area (Å²) in [7, 11) is 3.68. The number of hydrogen-bond donors (Lipinski definition) is 0. The SMILES string of the molecule is CCN1C(=O)C(C)(C)C(=O)N(C)c2c(CN(CCn3cc(C)c4oc(C)cc4c3=O)Cc3cc(C)nn3C)cccc21. The molecule has 0 N–H and O–H groups in total. The van der Waals surface area contributed by atoms with Crippen molar-refractivity contribution in [3.8, 4) is 0 Å². The molecular formula is C32H40N6O4. The van der Waals surface area contributed by atoms with E-state index in [1.807, 2.05) is 63.8 Å². The monoisotopic (exact) mass is 572 g/mol. The van der Waals surface area contributed by atoms with E-state index in [-0.39, 0.29) is 17.4 Å². The molecule has 0 saturated heterocycles. The van der Waals surface area contributed by atoms with E-state index >= 15 is 0 Å². The van der Waals surface area contributed by atoms with E-state index in [9.17, 15) is 14.4 Å². The average Bonchev–Trinajstić information content (AvgIpc) is 3.48. The average molecular weight is 573 g/mol. The van der Waals surface area contributed by atoms with Gasteiger partial charge in [0, 0.05) is 58.6 Å². The Hall–Kier alpha value is -4.18. The van der Waals surface area contributed by atoms with Crippen molar-refractivity contribution in [1.29, 1.82) is 0 Å². The molecule has 1 aliphatic rings. The Bertz CT molecular complexity index is 1740. The van der Waals surface area contributed by atoms with E-state index < -0.39 is 5.41 Å². The summed E-state index contributed by atoms with van der Waals surface area (Å²) < 4.78 is 9.38. The minimum atomic E-state index is -1.18. The Labute approximate surface area is 246 Å². The molecule has 0 radical (unpaired) electrons. The summed E-state index contributed by atoms with van der Waals surface area (Å²) in [4.78, 5) is 46.0. The lowest BCUT2D eigenvalue weighted by atomic mass is 9.90. The third-order valence-corrected chi connectivity index (χ3v) is 8.25. The molecule has 0 atom stereocenters. The van der Waals surface area contributed by atoms with E-state index in [0.717, 1.165) is 33.9 Å². The van der Waals surface area contributed by atoms with Crippen LogP contribution in [0.1, 0.15) is 49.0 Å². The summed E-state index contributed by atoms with van der Waals surface area (Å²) in [5.41, 5.74) is 4.63. The lowest BCUT2D eigenvalue weighted by Crippen LogP contribution is -2.47. The number of fused-ring (bicyclic) bond motifs is 2. The second kappa shape index (κ2) is 10.9. The summed E-state index contributed by atoms with van der Waals surface area (Å²) in [6, 6.07) is 9.72. The van der Waals surface area contributed by atoms with Crippen LogP contribution in [-0.2, 0) is 36.3 Å². The number of pyridine rings is 1. The Morgan fingerprint density at radius 3 is 2.40 bits per heavy atom. The molecule has 42 heavy (non-hydrogen) atoms. The first kappa shape index (κ1) is 29.3. The van der Waals surface area contributed by atoms with Gasteiger partial charge in [0.2, 0.25) is 11.8 Å². The molecule has 10 nitrogen and oxygen atoms in total. The van der Waals surface area contributed by atoms with Crippen LogP contribution in [0.3, 0.4) is 0 Å². The molecule has 4 aromatic rings. The number of nitrogens with zero attached hydrogens (tertiary/aromatic N) is 6. The van der Waals surface area contributed by atoms with Crippen LogP contribution in [-0.4, -0.2) is 51.2 Å². The summed E-state index contributed by atoms with van der Waals surface area (Å²) >= 11 is 0. The molecule has 0 saturated carbocycles. The quantitative estimate of drug-likeness (QED) is 0.292. The van der Waals surface area contributed by atoms with Crippen molar-refractivity contribution >= 4 is 34.2 Å². The van der Waals surface area contributed by atoms with Crippen molar-refractivity contribution < 1.29 is 14.0 Å². The van der Waals surface area contributed by atoms with E-state index in [1.165, 1.54) is 0 Å². The maximum atomic E-state index is 13.6. The number of rotatable bonds is 8. The van der Waals surface area contributed by atoms with Gasteiger partial charge in [-0.3, -0.25) is 24.0 Å². The number of benzene rings is 1. The highest BCUT2D eigenvalue weighted by atomic mass is 16.3. The van der Waals surface area contributed by atoms with Crippen molar-refractivity contribution in [2.75, 3.05) is 29.9 Å². The molecule has 4 heterocycles. The molecule has 222 valence electrons. The van der Waals surface area contributed by atoms with Crippen LogP contribution in [0.5, 0.6) is 0 Å². The van der Waals surface area contributed by atoms with Gasteiger partial charge in [0.05, 0.1) is 28.1 Å². The maximum Gasteiger partial charge on any atom is 0.261 e. The highest BCUT2D eigenvalue weighted by molar-refractivity contribution is 6.20. The van der Waals surface area contributed by atoms with Gasteiger partial charge in [0.25, 0.3) is 5.56 Å². The largest absolute Gasteiger partial charge is 0.461 e. The number of furan rings is 1. The lowest BCUT2D eigenvalue weighted by molar-refractivity contribution is -0.137. The summed E-state index contributed by atoms with van der Waals surface area (Å²) in [6.45, 7) is 13.6. The Balaban J connectivity index is 1.53. The number of carbonyl (C=O) groups is 2. The van der Waals surface area contributed by atoms with Crippen LogP contribution >= 0.6 is 0 Å². The van der Waals surface area contributed by atoms with Gasteiger partial charge in [-0.05, 0) is 65.3 Å². The number of anilines is 2. The Kier molecular flexibility index (Phi) is 7.61.